The van der Waals surface area contributed by atoms with E-state index in [2.05, 4.69) is 28.5 Å². The average molecular weight is 319 g/mol. The van der Waals surface area contributed by atoms with Gasteiger partial charge in [0.25, 0.3) is 0 Å². The Morgan fingerprint density at radius 3 is 1.48 bits per heavy atom. The van der Waals surface area contributed by atoms with Crippen molar-refractivity contribution in [3.63, 3.8) is 0 Å². The lowest BCUT2D eigenvalue weighted by molar-refractivity contribution is 0.232. The molecular formula is C15H34N3O2P. The maximum atomic E-state index is 12.6. The zero-order chi connectivity index (χ0) is 16.1. The van der Waals surface area contributed by atoms with Gasteiger partial charge in [-0.25, -0.2) is 0 Å². The Bertz CT molecular complexity index is 341. The molecule has 1 aliphatic heterocycles. The van der Waals surface area contributed by atoms with E-state index >= 15 is 0 Å². The van der Waals surface area contributed by atoms with Gasteiger partial charge in [0.05, 0.1) is 6.29 Å². The van der Waals surface area contributed by atoms with Crippen LogP contribution in [0.1, 0.15) is 34.6 Å². The molecule has 0 saturated carbocycles. The molecule has 1 fully saturated rings. The summed E-state index contributed by atoms with van der Waals surface area (Å²) in [6, 6.07) is 0. The summed E-state index contributed by atoms with van der Waals surface area (Å²) >= 11 is 0. The van der Waals surface area contributed by atoms with Crippen LogP contribution in [0.3, 0.4) is 0 Å². The van der Waals surface area contributed by atoms with Crippen LogP contribution in [-0.2, 0) is 4.57 Å². The largest absolute Gasteiger partial charge is 0.343 e. The van der Waals surface area contributed by atoms with Crippen molar-refractivity contribution in [3.8, 4) is 0 Å². The van der Waals surface area contributed by atoms with Gasteiger partial charge in [0, 0.05) is 44.4 Å². The summed E-state index contributed by atoms with van der Waals surface area (Å²) < 4.78 is 12.6. The fraction of sp³-hybridized carbons (Fsp3) is 1.00. The number of hydrogen-bond donors (Lipinski definition) is 1. The zero-order valence-electron chi connectivity index (χ0n) is 14.5. The zero-order valence-corrected chi connectivity index (χ0v) is 15.4. The van der Waals surface area contributed by atoms with E-state index in [0.717, 1.165) is 52.4 Å². The van der Waals surface area contributed by atoms with Crippen LogP contribution in [0, 0.1) is 0 Å². The first-order valence-electron chi connectivity index (χ1n) is 8.18. The molecule has 0 aromatic carbocycles. The van der Waals surface area contributed by atoms with Gasteiger partial charge in [0.15, 0.2) is 0 Å². The Morgan fingerprint density at radius 2 is 1.19 bits per heavy atom. The molecule has 1 rings (SSSR count). The van der Waals surface area contributed by atoms with Crippen molar-refractivity contribution >= 4 is 7.37 Å². The molecule has 6 heteroatoms. The smallest absolute Gasteiger partial charge is 0.219 e. The maximum absolute atomic E-state index is 12.6. The second-order valence-electron chi connectivity index (χ2n) is 7.00. The molecule has 21 heavy (non-hydrogen) atoms. The first kappa shape index (κ1) is 19.1. The van der Waals surface area contributed by atoms with E-state index in [9.17, 15) is 9.46 Å². The minimum Gasteiger partial charge on any atom is -0.343 e. The van der Waals surface area contributed by atoms with Crippen molar-refractivity contribution in [1.82, 2.24) is 14.7 Å². The highest BCUT2D eigenvalue weighted by Crippen LogP contribution is 2.54. The summed E-state index contributed by atoms with van der Waals surface area (Å²) in [6.45, 7) is 18.0. The van der Waals surface area contributed by atoms with Crippen molar-refractivity contribution in [3.05, 3.63) is 0 Å². The molecule has 0 aromatic rings. The van der Waals surface area contributed by atoms with Gasteiger partial charge in [-0.1, -0.05) is 34.6 Å². The van der Waals surface area contributed by atoms with Gasteiger partial charge in [-0.3, -0.25) is 9.46 Å². The lowest BCUT2D eigenvalue weighted by Gasteiger charge is -2.32. The molecule has 1 N–H and O–H groups in total. The second-order valence-corrected chi connectivity index (χ2v) is 10.0. The maximum Gasteiger partial charge on any atom is 0.219 e. The first-order valence-corrected chi connectivity index (χ1v) is 10.0. The highest BCUT2D eigenvalue weighted by atomic mass is 31.2. The van der Waals surface area contributed by atoms with E-state index in [1.807, 2.05) is 20.8 Å². The molecule has 0 radical (unpaired) electrons. The van der Waals surface area contributed by atoms with E-state index in [4.69, 9.17) is 0 Å². The Morgan fingerprint density at radius 1 is 0.857 bits per heavy atom. The summed E-state index contributed by atoms with van der Waals surface area (Å²) in [5, 5.41) is -0.541. The van der Waals surface area contributed by atoms with Gasteiger partial charge in [-0.15, -0.1) is 0 Å². The van der Waals surface area contributed by atoms with E-state index in [-0.39, 0.29) is 0 Å². The van der Waals surface area contributed by atoms with Gasteiger partial charge in [0.2, 0.25) is 7.37 Å². The van der Waals surface area contributed by atoms with Crippen LogP contribution in [0.4, 0.5) is 0 Å². The van der Waals surface area contributed by atoms with Crippen LogP contribution in [0.25, 0.3) is 0 Å². The highest BCUT2D eigenvalue weighted by Gasteiger charge is 2.36. The van der Waals surface area contributed by atoms with Gasteiger partial charge in [-0.2, -0.15) is 0 Å². The number of nitrogens with zero attached hydrogens (tertiary/aromatic N) is 3. The minimum atomic E-state index is -3.16. The molecule has 5 nitrogen and oxygen atoms in total. The molecule has 0 spiro atoms. The van der Waals surface area contributed by atoms with Crippen LogP contribution >= 0.6 is 7.37 Å². The quantitative estimate of drug-likeness (QED) is 0.803. The van der Waals surface area contributed by atoms with Gasteiger partial charge >= 0.3 is 0 Å². The van der Waals surface area contributed by atoms with Gasteiger partial charge in [-0.05, 0) is 13.1 Å². The molecule has 0 bridgehead atoms. The molecule has 0 amide bonds. The summed E-state index contributed by atoms with van der Waals surface area (Å²) in [5.41, 5.74) is 0. The Labute approximate surface area is 130 Å². The highest BCUT2D eigenvalue weighted by molar-refractivity contribution is 7.59. The average Bonchev–Trinajstić information content (AvgIpc) is 2.48. The fourth-order valence-corrected chi connectivity index (χ4v) is 3.69. The van der Waals surface area contributed by atoms with Crippen molar-refractivity contribution in [2.45, 2.75) is 39.8 Å². The standard InChI is InChI=1S/C15H34N3O2P/c1-6-16-8-9-17(7-2)11-13-18(12-10-16)14-21(19,20)15(3,4)5/h6-14H2,1-5H3,(H,19,20). The first-order chi connectivity index (χ1) is 9.69. The number of rotatable bonds is 4. The van der Waals surface area contributed by atoms with E-state index in [0.29, 0.717) is 6.29 Å². The molecule has 126 valence electrons. The van der Waals surface area contributed by atoms with Crippen LogP contribution in [0.2, 0.25) is 0 Å². The molecule has 1 unspecified atom stereocenters. The van der Waals surface area contributed by atoms with Gasteiger partial charge in [0.1, 0.15) is 0 Å². The molecule has 0 aromatic heterocycles. The SMILES string of the molecule is CCN1CCN(CC)CCN(CP(=O)(O)C(C)(C)C)CC1. The van der Waals surface area contributed by atoms with Crippen molar-refractivity contribution < 1.29 is 9.46 Å². The molecule has 1 saturated heterocycles. The predicted octanol–water partition coefficient (Wildman–Crippen LogP) is 1.97. The lowest BCUT2D eigenvalue weighted by Crippen LogP contribution is -2.38. The molecule has 1 aliphatic rings. The van der Waals surface area contributed by atoms with Crippen molar-refractivity contribution in [2.24, 2.45) is 0 Å². The summed E-state index contributed by atoms with van der Waals surface area (Å²) in [5.74, 6) is 0. The third kappa shape index (κ3) is 5.99. The van der Waals surface area contributed by atoms with Crippen LogP contribution in [0.15, 0.2) is 0 Å². The monoisotopic (exact) mass is 319 g/mol. The predicted molar refractivity (Wildman–Crippen MR) is 90.2 cm³/mol. The Balaban J connectivity index is 2.73. The molecule has 1 atom stereocenters. The van der Waals surface area contributed by atoms with Crippen LogP contribution in [-0.4, -0.2) is 83.4 Å². The summed E-state index contributed by atoms with van der Waals surface area (Å²) in [7, 11) is -3.16. The topological polar surface area (TPSA) is 47.0 Å². The summed E-state index contributed by atoms with van der Waals surface area (Å²) in [6.07, 6.45) is 0.311. The number of likely N-dealkylation sites (N-methyl/N-ethyl adjacent to an activating group) is 2. The molecule has 0 aliphatic carbocycles. The third-order valence-electron chi connectivity index (χ3n) is 4.53. The van der Waals surface area contributed by atoms with E-state index in [1.165, 1.54) is 0 Å². The minimum absolute atomic E-state index is 0.311. The van der Waals surface area contributed by atoms with Crippen LogP contribution < -0.4 is 0 Å². The summed E-state index contributed by atoms with van der Waals surface area (Å²) in [4.78, 5) is 17.4. The number of hydrogen-bond acceptors (Lipinski definition) is 4. The third-order valence-corrected chi connectivity index (χ3v) is 7.41. The molecular weight excluding hydrogens is 285 g/mol. The van der Waals surface area contributed by atoms with E-state index in [1.54, 1.807) is 0 Å². The Kier molecular flexibility index (Phi) is 7.35. The van der Waals surface area contributed by atoms with Crippen molar-refractivity contribution in [1.29, 1.82) is 0 Å². The lowest BCUT2D eigenvalue weighted by atomic mass is 10.3. The van der Waals surface area contributed by atoms with Gasteiger partial charge < -0.3 is 14.7 Å². The fourth-order valence-electron chi connectivity index (χ4n) is 2.44. The Hall–Kier alpha value is 0.0700. The van der Waals surface area contributed by atoms with Crippen LogP contribution in [0.5, 0.6) is 0 Å². The second kappa shape index (κ2) is 8.07. The van der Waals surface area contributed by atoms with Crippen molar-refractivity contribution in [2.75, 3.05) is 58.6 Å². The van der Waals surface area contributed by atoms with E-state index < -0.39 is 12.5 Å². The normalized spacial score (nSPS) is 24.1. The molecule has 1 heterocycles.